The van der Waals surface area contributed by atoms with Crippen LogP contribution < -0.4 is 24.8 Å². The predicted molar refractivity (Wildman–Crippen MR) is 102 cm³/mol. The molecule has 0 bridgehead atoms. The van der Waals surface area contributed by atoms with E-state index in [1.54, 1.807) is 25.3 Å². The maximum atomic E-state index is 12.7. The van der Waals surface area contributed by atoms with Gasteiger partial charge in [0.15, 0.2) is 6.04 Å². The van der Waals surface area contributed by atoms with Crippen LogP contribution in [-0.2, 0) is 4.79 Å². The summed E-state index contributed by atoms with van der Waals surface area (Å²) >= 11 is 6.04. The molecular weight excluding hydrogens is 352 g/mol. The lowest BCUT2D eigenvalue weighted by molar-refractivity contribution is -0.914. The zero-order valence-electron chi connectivity index (χ0n) is 15.1. The van der Waals surface area contributed by atoms with E-state index >= 15 is 0 Å². The highest BCUT2D eigenvalue weighted by atomic mass is 35.5. The lowest BCUT2D eigenvalue weighted by Gasteiger charge is -2.31. The average molecular weight is 377 g/mol. The quantitative estimate of drug-likeness (QED) is 0.815. The Morgan fingerprint density at radius 1 is 1.31 bits per heavy atom. The molecule has 1 aromatic carbocycles. The Balaban J connectivity index is 1.59. The number of ether oxygens (including phenoxy) is 1. The molecule has 138 valence electrons. The summed E-state index contributed by atoms with van der Waals surface area (Å²) in [5.74, 6) is 1.70. The highest BCUT2D eigenvalue weighted by Crippen LogP contribution is 2.27. The van der Waals surface area contributed by atoms with Gasteiger partial charge in [0, 0.05) is 11.1 Å². The number of aromatic amines is 1. The maximum Gasteiger partial charge on any atom is 0.282 e. The first-order chi connectivity index (χ1) is 12.6. The number of piperazine rings is 1. The van der Waals surface area contributed by atoms with Gasteiger partial charge in [-0.1, -0.05) is 17.7 Å². The normalized spacial score (nSPS) is 16.2. The van der Waals surface area contributed by atoms with Crippen molar-refractivity contribution in [2.45, 2.75) is 13.0 Å². The van der Waals surface area contributed by atoms with Gasteiger partial charge in [0.25, 0.3) is 11.7 Å². The largest absolute Gasteiger partial charge is 0.495 e. The van der Waals surface area contributed by atoms with Crippen LogP contribution in [0.2, 0.25) is 5.02 Å². The van der Waals surface area contributed by atoms with Crippen molar-refractivity contribution in [2.24, 2.45) is 0 Å². The molecular formula is C19H25ClN4O2+2. The first kappa shape index (κ1) is 18.5. The molecule has 1 atom stereocenters. The highest BCUT2D eigenvalue weighted by Gasteiger charge is 2.32. The first-order valence-electron chi connectivity index (χ1n) is 8.79. The number of benzene rings is 1. The molecule has 3 N–H and O–H groups in total. The number of hydrogen-bond acceptors (Lipinski definition) is 3. The molecule has 1 aliphatic heterocycles. The zero-order valence-corrected chi connectivity index (χ0v) is 15.8. The van der Waals surface area contributed by atoms with Crippen LogP contribution >= 0.6 is 11.6 Å². The van der Waals surface area contributed by atoms with Gasteiger partial charge in [-0.05, 0) is 31.2 Å². The molecule has 1 aliphatic rings. The van der Waals surface area contributed by atoms with Crippen LogP contribution in [0.15, 0.2) is 42.6 Å². The highest BCUT2D eigenvalue weighted by molar-refractivity contribution is 6.31. The molecule has 3 rings (SSSR count). The lowest BCUT2D eigenvalue weighted by atomic mass is 10.2. The number of halogens is 1. The van der Waals surface area contributed by atoms with Crippen molar-refractivity contribution in [3.05, 3.63) is 47.6 Å². The Bertz CT molecular complexity index is 748. The zero-order chi connectivity index (χ0) is 18.5. The number of amides is 1. The third-order valence-electron chi connectivity index (χ3n) is 4.86. The molecule has 1 amide bonds. The van der Waals surface area contributed by atoms with E-state index in [1.165, 1.54) is 4.90 Å². The number of hydrogen-bond donors (Lipinski definition) is 2. The van der Waals surface area contributed by atoms with Crippen molar-refractivity contribution >= 4 is 29.0 Å². The van der Waals surface area contributed by atoms with E-state index in [1.807, 2.05) is 25.3 Å². The summed E-state index contributed by atoms with van der Waals surface area (Å²) in [5, 5.41) is 3.52. The van der Waals surface area contributed by atoms with Crippen LogP contribution in [0.1, 0.15) is 6.92 Å². The van der Waals surface area contributed by atoms with Crippen LogP contribution in [0, 0.1) is 0 Å². The van der Waals surface area contributed by atoms with Crippen LogP contribution in [0.5, 0.6) is 5.75 Å². The number of H-pyrrole nitrogens is 1. The van der Waals surface area contributed by atoms with Gasteiger partial charge in [-0.2, -0.15) is 0 Å². The van der Waals surface area contributed by atoms with E-state index in [4.69, 9.17) is 16.3 Å². The maximum absolute atomic E-state index is 12.7. The van der Waals surface area contributed by atoms with Gasteiger partial charge < -0.3 is 15.0 Å². The fraction of sp³-hybridized carbons (Fsp3) is 0.368. The second-order valence-electron chi connectivity index (χ2n) is 6.45. The lowest BCUT2D eigenvalue weighted by Crippen LogP contribution is -3.19. The Morgan fingerprint density at radius 2 is 2.08 bits per heavy atom. The van der Waals surface area contributed by atoms with Crippen molar-refractivity contribution in [3.63, 3.8) is 0 Å². The third kappa shape index (κ3) is 4.26. The molecule has 7 heteroatoms. The molecule has 0 saturated carbocycles. The van der Waals surface area contributed by atoms with Gasteiger partial charge in [-0.25, -0.2) is 4.98 Å². The Morgan fingerprint density at radius 3 is 2.73 bits per heavy atom. The molecule has 2 aromatic rings. The molecule has 0 unspecified atom stereocenters. The minimum atomic E-state index is -0.152. The number of rotatable bonds is 5. The molecule has 2 heterocycles. The van der Waals surface area contributed by atoms with Gasteiger partial charge in [0.05, 0.1) is 19.0 Å². The molecule has 1 saturated heterocycles. The molecule has 6 nitrogen and oxygen atoms in total. The molecule has 0 aliphatic carbocycles. The number of quaternary nitrogens is 1. The third-order valence-corrected chi connectivity index (χ3v) is 5.10. The Hall–Kier alpha value is -2.31. The summed E-state index contributed by atoms with van der Waals surface area (Å²) in [6.45, 7) is 5.60. The minimum absolute atomic E-state index is 0.0275. The van der Waals surface area contributed by atoms with E-state index in [0.29, 0.717) is 16.5 Å². The molecule has 1 fully saturated rings. The Labute approximate surface area is 158 Å². The number of aromatic nitrogens is 1. The fourth-order valence-electron chi connectivity index (χ4n) is 3.25. The molecule has 1 aromatic heterocycles. The number of nitrogens with one attached hydrogen (secondary N) is 3. The number of carbonyl (C=O) groups is 1. The summed E-state index contributed by atoms with van der Waals surface area (Å²) in [7, 11) is 1.58. The van der Waals surface area contributed by atoms with E-state index in [0.717, 1.165) is 32.0 Å². The van der Waals surface area contributed by atoms with Crippen LogP contribution in [-0.4, -0.2) is 45.2 Å². The topological polar surface area (TPSA) is 60.1 Å². The summed E-state index contributed by atoms with van der Waals surface area (Å²) in [6.07, 6.45) is 1.93. The smallest absolute Gasteiger partial charge is 0.282 e. The molecule has 0 radical (unpaired) electrons. The summed E-state index contributed by atoms with van der Waals surface area (Å²) in [6, 6.07) is 11.1. The number of anilines is 2. The van der Waals surface area contributed by atoms with Gasteiger partial charge in [0.2, 0.25) is 0 Å². The van der Waals surface area contributed by atoms with Gasteiger partial charge in [0.1, 0.15) is 31.9 Å². The molecule has 26 heavy (non-hydrogen) atoms. The second-order valence-corrected chi connectivity index (χ2v) is 6.89. The van der Waals surface area contributed by atoms with Crippen molar-refractivity contribution in [1.82, 2.24) is 0 Å². The SMILES string of the molecule is COc1ccc(Cl)cc1NC(=O)[C@H](C)[NH+]1CCN(c2cccc[nH+]2)CC1. The summed E-state index contributed by atoms with van der Waals surface area (Å²) in [4.78, 5) is 19.5. The van der Waals surface area contributed by atoms with Crippen LogP contribution in [0.3, 0.4) is 0 Å². The predicted octanol–water partition coefficient (Wildman–Crippen LogP) is 0.895. The number of methoxy groups -OCH3 is 1. The van der Waals surface area contributed by atoms with E-state index in [-0.39, 0.29) is 11.9 Å². The first-order valence-corrected chi connectivity index (χ1v) is 9.17. The number of carbonyl (C=O) groups excluding carboxylic acids is 1. The van der Waals surface area contributed by atoms with Crippen LogP contribution in [0.25, 0.3) is 0 Å². The number of nitrogens with zero attached hydrogens (tertiary/aromatic N) is 1. The summed E-state index contributed by atoms with van der Waals surface area (Å²) < 4.78 is 5.30. The van der Waals surface area contributed by atoms with Crippen molar-refractivity contribution < 1.29 is 19.4 Å². The van der Waals surface area contributed by atoms with Crippen molar-refractivity contribution in [1.29, 1.82) is 0 Å². The van der Waals surface area contributed by atoms with Crippen LogP contribution in [0.4, 0.5) is 11.5 Å². The number of pyridine rings is 1. The van der Waals surface area contributed by atoms with Crippen molar-refractivity contribution in [2.75, 3.05) is 43.5 Å². The molecule has 0 spiro atoms. The second kappa shape index (κ2) is 8.38. The van der Waals surface area contributed by atoms with Gasteiger partial charge in [-0.3, -0.25) is 9.69 Å². The fourth-order valence-corrected chi connectivity index (χ4v) is 3.42. The average Bonchev–Trinajstić information content (AvgIpc) is 2.68. The van der Waals surface area contributed by atoms with Gasteiger partial charge >= 0.3 is 0 Å². The van der Waals surface area contributed by atoms with E-state index in [2.05, 4.69) is 21.3 Å². The minimum Gasteiger partial charge on any atom is -0.495 e. The van der Waals surface area contributed by atoms with E-state index in [9.17, 15) is 4.79 Å². The summed E-state index contributed by atoms with van der Waals surface area (Å²) in [5.41, 5.74) is 0.605. The monoisotopic (exact) mass is 376 g/mol. The van der Waals surface area contributed by atoms with E-state index < -0.39 is 0 Å². The Kier molecular flexibility index (Phi) is 5.96. The standard InChI is InChI=1S/C19H23ClN4O2/c1-14(19(25)22-16-13-15(20)6-7-17(16)26-2)23-9-11-24(12-10-23)18-5-3-4-8-21-18/h3-8,13-14H,9-12H2,1-2H3,(H,22,25)/p+2/t14-/m0/s1. The van der Waals surface area contributed by atoms with Gasteiger partial charge in [-0.15, -0.1) is 0 Å². The van der Waals surface area contributed by atoms with Crippen molar-refractivity contribution in [3.8, 4) is 5.75 Å².